The van der Waals surface area contributed by atoms with Crippen LogP contribution < -0.4 is 20.1 Å². The molecule has 2 atom stereocenters. The fourth-order valence-corrected chi connectivity index (χ4v) is 8.75. The molecule has 2 aliphatic heterocycles. The number of ether oxygens (including phenoxy) is 2. The van der Waals surface area contributed by atoms with Gasteiger partial charge in [0.25, 0.3) is 11.8 Å². The van der Waals surface area contributed by atoms with Gasteiger partial charge in [-0.3, -0.25) is 19.2 Å². The van der Waals surface area contributed by atoms with Crippen LogP contribution in [0.2, 0.25) is 10.3 Å². The third kappa shape index (κ3) is 8.10. The molecule has 2 N–H and O–H groups in total. The number of halogens is 2. The van der Waals surface area contributed by atoms with E-state index in [-0.39, 0.29) is 45.3 Å². The van der Waals surface area contributed by atoms with Gasteiger partial charge >= 0.3 is 0 Å². The van der Waals surface area contributed by atoms with E-state index in [0.717, 1.165) is 5.56 Å². The van der Waals surface area contributed by atoms with Crippen LogP contribution in [0.5, 0.6) is 11.5 Å². The number of oxazole rings is 1. The number of nitrogens with one attached hydrogen (secondary N) is 2. The molecule has 9 rings (SSSR count). The zero-order chi connectivity index (χ0) is 43.8. The van der Waals surface area contributed by atoms with Gasteiger partial charge in [-0.25, -0.2) is 15.0 Å². The number of carbonyl (C=O) groups is 4. The van der Waals surface area contributed by atoms with Crippen molar-refractivity contribution in [1.29, 1.82) is 0 Å². The summed E-state index contributed by atoms with van der Waals surface area (Å²) in [6.45, 7) is 0.805. The van der Waals surface area contributed by atoms with E-state index in [4.69, 9.17) is 37.1 Å². The SMILES string of the molecule is COc1cccc2c(C(=O)N3CCC[C@H]3C(=O)Nc3ccc(-c4cnc(-c5ccc(NC(=O)[C@@H]6CCCN6C(=O)c6nc(Cl)cc7c(OC)cccc67)cc5)o4)cc3)nc(Cl)cc12. The molecular weight excluding hydrogens is 845 g/mol. The van der Waals surface area contributed by atoms with Crippen molar-refractivity contribution in [2.45, 2.75) is 37.8 Å². The maximum atomic E-state index is 13.9. The van der Waals surface area contributed by atoms with E-state index in [1.54, 1.807) is 115 Å². The Kier molecular flexibility index (Phi) is 11.4. The quantitative estimate of drug-likeness (QED) is 0.127. The van der Waals surface area contributed by atoms with Crippen LogP contribution >= 0.6 is 23.2 Å². The van der Waals surface area contributed by atoms with Crippen molar-refractivity contribution >= 4 is 79.8 Å². The molecule has 7 aromatic rings. The maximum absolute atomic E-state index is 13.9. The van der Waals surface area contributed by atoms with Crippen LogP contribution in [0.15, 0.2) is 108 Å². The Balaban J connectivity index is 0.827. The van der Waals surface area contributed by atoms with Gasteiger partial charge in [-0.15, -0.1) is 0 Å². The minimum Gasteiger partial charge on any atom is -0.496 e. The monoisotopic (exact) mass is 883 g/mol. The summed E-state index contributed by atoms with van der Waals surface area (Å²) in [5.41, 5.74) is 2.85. The summed E-state index contributed by atoms with van der Waals surface area (Å²) < 4.78 is 17.1. The van der Waals surface area contributed by atoms with E-state index in [0.29, 0.717) is 100 Å². The number of fused-ring (bicyclic) bond motifs is 2. The number of likely N-dealkylation sites (tertiary alicyclic amines) is 2. The first-order valence-corrected chi connectivity index (χ1v) is 21.0. The van der Waals surface area contributed by atoms with Crippen LogP contribution in [-0.4, -0.2) is 87.8 Å². The van der Waals surface area contributed by atoms with E-state index in [1.165, 1.54) is 0 Å². The zero-order valence-corrected chi connectivity index (χ0v) is 35.6. The molecule has 4 aromatic carbocycles. The van der Waals surface area contributed by atoms with Crippen LogP contribution in [0.1, 0.15) is 46.7 Å². The third-order valence-corrected chi connectivity index (χ3v) is 11.8. The number of carbonyl (C=O) groups excluding carboxylic acids is 4. The van der Waals surface area contributed by atoms with Crippen molar-refractivity contribution in [3.05, 3.63) is 125 Å². The fourth-order valence-electron chi connectivity index (χ4n) is 8.36. The molecule has 5 heterocycles. The number of nitrogens with zero attached hydrogens (tertiary/aromatic N) is 5. The predicted octanol–water partition coefficient (Wildman–Crippen LogP) is 8.92. The first-order valence-electron chi connectivity index (χ1n) is 20.3. The van der Waals surface area contributed by atoms with Gasteiger partial charge in [0, 0.05) is 57.1 Å². The zero-order valence-electron chi connectivity index (χ0n) is 34.1. The molecule has 14 nitrogen and oxygen atoms in total. The van der Waals surface area contributed by atoms with Gasteiger partial charge in [0.05, 0.1) is 20.4 Å². The van der Waals surface area contributed by atoms with Gasteiger partial charge in [0.2, 0.25) is 17.7 Å². The number of amides is 4. The second-order valence-electron chi connectivity index (χ2n) is 15.2. The van der Waals surface area contributed by atoms with Gasteiger partial charge in [-0.05, 0) is 98.5 Å². The van der Waals surface area contributed by atoms with Gasteiger partial charge < -0.3 is 34.3 Å². The van der Waals surface area contributed by atoms with Gasteiger partial charge in [0.15, 0.2) is 5.76 Å². The highest BCUT2D eigenvalue weighted by molar-refractivity contribution is 6.31. The smallest absolute Gasteiger partial charge is 0.273 e. The summed E-state index contributed by atoms with van der Waals surface area (Å²) in [5, 5.41) is 8.72. The normalized spacial score (nSPS) is 16.1. The van der Waals surface area contributed by atoms with Crippen molar-refractivity contribution < 1.29 is 33.1 Å². The largest absolute Gasteiger partial charge is 0.496 e. The number of methoxy groups -OCH3 is 2. The Morgan fingerprint density at radius 1 is 0.635 bits per heavy atom. The van der Waals surface area contributed by atoms with Crippen molar-refractivity contribution in [1.82, 2.24) is 24.8 Å². The summed E-state index contributed by atoms with van der Waals surface area (Å²) >= 11 is 12.7. The third-order valence-electron chi connectivity index (χ3n) is 11.4. The van der Waals surface area contributed by atoms with Crippen LogP contribution in [0.25, 0.3) is 44.3 Å². The highest BCUT2D eigenvalue weighted by atomic mass is 35.5. The Morgan fingerprint density at radius 2 is 1.10 bits per heavy atom. The maximum Gasteiger partial charge on any atom is 0.273 e. The lowest BCUT2D eigenvalue weighted by atomic mass is 10.1. The van der Waals surface area contributed by atoms with Crippen molar-refractivity contribution in [2.75, 3.05) is 37.9 Å². The second-order valence-corrected chi connectivity index (χ2v) is 15.9. The molecule has 318 valence electrons. The molecule has 2 saturated heterocycles. The van der Waals surface area contributed by atoms with Gasteiger partial charge in [-0.1, -0.05) is 47.5 Å². The summed E-state index contributed by atoms with van der Waals surface area (Å²) in [6.07, 6.45) is 3.94. The molecular formula is C47H39Cl2N7O7. The lowest BCUT2D eigenvalue weighted by Crippen LogP contribution is -2.43. The van der Waals surface area contributed by atoms with Crippen LogP contribution in [0.4, 0.5) is 11.4 Å². The molecule has 0 aliphatic carbocycles. The Bertz CT molecular complexity index is 2730. The standard InChI is InChI=1S/C47H39Cl2N7O7/c1-61-36-11-3-7-30-32(36)23-39(48)53-41(30)46(59)55-21-5-9-34(55)43(57)51-28-17-13-26(14-18-28)38-25-50-45(63-38)27-15-19-29(20-16-27)52-44(58)35-10-6-22-56(35)47(60)42-31-8-4-12-37(62-2)33(31)24-40(49)54-42/h3-4,7-8,11-20,23-25,34-35H,5-6,9-10,21-22H2,1-2H3,(H,51,57)(H,52,58)/t34-,35-/m0/s1. The second kappa shape index (κ2) is 17.4. The van der Waals surface area contributed by atoms with Gasteiger partial charge in [-0.2, -0.15) is 0 Å². The van der Waals surface area contributed by atoms with E-state index in [1.807, 2.05) is 12.1 Å². The number of anilines is 2. The lowest BCUT2D eigenvalue weighted by molar-refractivity contribution is -0.120. The highest BCUT2D eigenvalue weighted by Crippen LogP contribution is 2.34. The average molecular weight is 885 g/mol. The van der Waals surface area contributed by atoms with Crippen LogP contribution in [0, 0.1) is 0 Å². The molecule has 3 aromatic heterocycles. The van der Waals surface area contributed by atoms with E-state index in [9.17, 15) is 19.2 Å². The summed E-state index contributed by atoms with van der Waals surface area (Å²) in [5.74, 6) is 0.643. The molecule has 63 heavy (non-hydrogen) atoms. The van der Waals surface area contributed by atoms with Crippen molar-refractivity contribution in [3.63, 3.8) is 0 Å². The average Bonchev–Trinajstić information content (AvgIpc) is 4.11. The molecule has 16 heteroatoms. The topological polar surface area (TPSA) is 169 Å². The molecule has 0 radical (unpaired) electrons. The number of hydrogen-bond donors (Lipinski definition) is 2. The molecule has 2 fully saturated rings. The van der Waals surface area contributed by atoms with Crippen molar-refractivity contribution in [2.24, 2.45) is 0 Å². The highest BCUT2D eigenvalue weighted by Gasteiger charge is 2.37. The fraction of sp³-hybridized carbons (Fsp3) is 0.213. The Labute approximate surface area is 371 Å². The Morgan fingerprint density at radius 3 is 1.56 bits per heavy atom. The molecule has 0 unspecified atom stereocenters. The number of hydrogen-bond acceptors (Lipinski definition) is 10. The number of aromatic nitrogens is 3. The minimum atomic E-state index is -0.696. The summed E-state index contributed by atoms with van der Waals surface area (Å²) in [6, 6.07) is 26.8. The summed E-state index contributed by atoms with van der Waals surface area (Å²) in [7, 11) is 3.09. The predicted molar refractivity (Wildman–Crippen MR) is 239 cm³/mol. The van der Waals surface area contributed by atoms with E-state index >= 15 is 0 Å². The number of pyridine rings is 2. The number of rotatable bonds is 10. The van der Waals surface area contributed by atoms with Crippen LogP contribution in [0.3, 0.4) is 0 Å². The first-order chi connectivity index (χ1) is 30.6. The summed E-state index contributed by atoms with van der Waals surface area (Å²) in [4.78, 5) is 71.1. The number of benzene rings is 4. The Hall–Kier alpha value is -7.03. The van der Waals surface area contributed by atoms with Gasteiger partial charge in [0.1, 0.15) is 45.3 Å². The van der Waals surface area contributed by atoms with Crippen molar-refractivity contribution in [3.8, 4) is 34.3 Å². The minimum absolute atomic E-state index is 0.154. The molecule has 0 bridgehead atoms. The lowest BCUT2D eigenvalue weighted by Gasteiger charge is -2.24. The van der Waals surface area contributed by atoms with E-state index in [2.05, 4.69) is 25.6 Å². The first kappa shape index (κ1) is 41.3. The molecule has 0 spiro atoms. The van der Waals surface area contributed by atoms with E-state index < -0.39 is 12.1 Å². The molecule has 4 amide bonds. The molecule has 0 saturated carbocycles. The molecule has 2 aliphatic rings. The van der Waals surface area contributed by atoms with Crippen LogP contribution in [-0.2, 0) is 9.59 Å².